The fraction of sp³-hybridized carbons (Fsp3) is 0.273. The van der Waals surface area contributed by atoms with Gasteiger partial charge in [0.25, 0.3) is 0 Å². The maximum Gasteiger partial charge on any atom is 0.231 e. The normalized spacial score (nSPS) is 12.6. The van der Waals surface area contributed by atoms with Gasteiger partial charge in [0, 0.05) is 11.6 Å². The van der Waals surface area contributed by atoms with Crippen molar-refractivity contribution in [2.24, 2.45) is 0 Å². The van der Waals surface area contributed by atoms with Crippen LogP contribution in [0.1, 0.15) is 5.56 Å². The first-order valence-electron chi connectivity index (χ1n) is 4.42. The van der Waals surface area contributed by atoms with Gasteiger partial charge in [0.2, 0.25) is 6.79 Å². The van der Waals surface area contributed by atoms with Crippen LogP contribution in [-0.4, -0.2) is 13.9 Å². The summed E-state index contributed by atoms with van der Waals surface area (Å²) in [6.07, 6.45) is 2.60. The van der Waals surface area contributed by atoms with Crippen molar-refractivity contribution >= 4 is 0 Å². The SMILES string of the molecule is C=CCc1cc2c(cc1OC)OCO2. The van der Waals surface area contributed by atoms with Crippen molar-refractivity contribution in [3.63, 3.8) is 0 Å². The van der Waals surface area contributed by atoms with Crippen molar-refractivity contribution in [2.75, 3.05) is 13.9 Å². The zero-order valence-corrected chi connectivity index (χ0v) is 8.08. The van der Waals surface area contributed by atoms with E-state index in [1.165, 1.54) is 0 Å². The predicted octanol–water partition coefficient (Wildman–Crippen LogP) is 2.15. The van der Waals surface area contributed by atoms with Gasteiger partial charge < -0.3 is 14.2 Å². The van der Waals surface area contributed by atoms with Gasteiger partial charge in [0.05, 0.1) is 7.11 Å². The van der Waals surface area contributed by atoms with Gasteiger partial charge in [-0.15, -0.1) is 6.58 Å². The third-order valence-corrected chi connectivity index (χ3v) is 2.14. The Balaban J connectivity index is 2.43. The molecule has 1 heterocycles. The summed E-state index contributed by atoms with van der Waals surface area (Å²) in [7, 11) is 1.64. The molecule has 1 aliphatic heterocycles. The molecule has 0 aromatic heterocycles. The van der Waals surface area contributed by atoms with Gasteiger partial charge in [-0.05, 0) is 12.5 Å². The Kier molecular flexibility index (Phi) is 2.31. The van der Waals surface area contributed by atoms with Crippen molar-refractivity contribution in [2.45, 2.75) is 6.42 Å². The molecule has 0 saturated carbocycles. The maximum atomic E-state index is 5.27. The molecule has 0 atom stereocenters. The highest BCUT2D eigenvalue weighted by atomic mass is 16.7. The van der Waals surface area contributed by atoms with E-state index in [-0.39, 0.29) is 6.79 Å². The second-order valence-electron chi connectivity index (χ2n) is 3.01. The molecule has 14 heavy (non-hydrogen) atoms. The molecule has 74 valence electrons. The Morgan fingerprint density at radius 3 is 2.79 bits per heavy atom. The molecule has 0 spiro atoms. The summed E-state index contributed by atoms with van der Waals surface area (Å²) in [5.74, 6) is 2.34. The molecule has 0 unspecified atom stereocenters. The van der Waals surface area contributed by atoms with Crippen LogP contribution in [0, 0.1) is 0 Å². The van der Waals surface area contributed by atoms with E-state index in [1.807, 2.05) is 18.2 Å². The Labute approximate surface area is 82.9 Å². The highest BCUT2D eigenvalue weighted by Gasteiger charge is 2.16. The van der Waals surface area contributed by atoms with Gasteiger partial charge in [-0.3, -0.25) is 0 Å². The number of benzene rings is 1. The summed E-state index contributed by atoms with van der Waals surface area (Å²) in [6.45, 7) is 3.99. The summed E-state index contributed by atoms with van der Waals surface area (Å²) in [6, 6.07) is 3.78. The lowest BCUT2D eigenvalue weighted by molar-refractivity contribution is 0.174. The molecular weight excluding hydrogens is 180 g/mol. The summed E-state index contributed by atoms with van der Waals surface area (Å²) in [4.78, 5) is 0. The van der Waals surface area contributed by atoms with Gasteiger partial charge in [-0.2, -0.15) is 0 Å². The minimum absolute atomic E-state index is 0.288. The van der Waals surface area contributed by atoms with Crippen molar-refractivity contribution in [1.29, 1.82) is 0 Å². The topological polar surface area (TPSA) is 27.7 Å². The fourth-order valence-corrected chi connectivity index (χ4v) is 1.47. The van der Waals surface area contributed by atoms with Crippen LogP contribution >= 0.6 is 0 Å². The van der Waals surface area contributed by atoms with Gasteiger partial charge >= 0.3 is 0 Å². The lowest BCUT2D eigenvalue weighted by Gasteiger charge is -2.07. The second-order valence-corrected chi connectivity index (χ2v) is 3.01. The summed E-state index contributed by atoms with van der Waals surface area (Å²) in [5.41, 5.74) is 1.06. The number of hydrogen-bond donors (Lipinski definition) is 0. The lowest BCUT2D eigenvalue weighted by Crippen LogP contribution is -1.92. The molecule has 1 aromatic carbocycles. The predicted molar refractivity (Wildman–Crippen MR) is 53.0 cm³/mol. The first-order valence-corrected chi connectivity index (χ1v) is 4.42. The van der Waals surface area contributed by atoms with E-state index in [0.29, 0.717) is 0 Å². The van der Waals surface area contributed by atoms with E-state index in [4.69, 9.17) is 14.2 Å². The summed E-state index contributed by atoms with van der Waals surface area (Å²) >= 11 is 0. The minimum Gasteiger partial charge on any atom is -0.496 e. The highest BCUT2D eigenvalue weighted by molar-refractivity contribution is 5.52. The molecule has 2 rings (SSSR count). The van der Waals surface area contributed by atoms with E-state index in [0.717, 1.165) is 29.2 Å². The number of fused-ring (bicyclic) bond motifs is 1. The lowest BCUT2D eigenvalue weighted by atomic mass is 10.1. The van der Waals surface area contributed by atoms with Crippen molar-refractivity contribution in [3.8, 4) is 17.2 Å². The Hall–Kier alpha value is -1.64. The molecule has 0 N–H and O–H groups in total. The summed E-state index contributed by atoms with van der Waals surface area (Å²) in [5, 5.41) is 0. The molecule has 0 aliphatic carbocycles. The van der Waals surface area contributed by atoms with Crippen LogP contribution in [0.3, 0.4) is 0 Å². The Morgan fingerprint density at radius 2 is 2.14 bits per heavy atom. The maximum absolute atomic E-state index is 5.27. The monoisotopic (exact) mass is 192 g/mol. The van der Waals surface area contributed by atoms with E-state index in [9.17, 15) is 0 Å². The van der Waals surface area contributed by atoms with Crippen molar-refractivity contribution < 1.29 is 14.2 Å². The first-order chi connectivity index (χ1) is 6.85. The van der Waals surface area contributed by atoms with Gasteiger partial charge in [0.15, 0.2) is 11.5 Å². The minimum atomic E-state index is 0.288. The van der Waals surface area contributed by atoms with E-state index < -0.39 is 0 Å². The third-order valence-electron chi connectivity index (χ3n) is 2.14. The molecule has 0 fully saturated rings. The number of rotatable bonds is 3. The average Bonchev–Trinajstić information content (AvgIpc) is 2.64. The smallest absolute Gasteiger partial charge is 0.231 e. The average molecular weight is 192 g/mol. The van der Waals surface area contributed by atoms with Gasteiger partial charge in [-0.1, -0.05) is 6.08 Å². The summed E-state index contributed by atoms with van der Waals surface area (Å²) < 4.78 is 15.8. The van der Waals surface area contributed by atoms with Gasteiger partial charge in [0.1, 0.15) is 5.75 Å². The van der Waals surface area contributed by atoms with Crippen LogP contribution in [-0.2, 0) is 6.42 Å². The number of hydrogen-bond acceptors (Lipinski definition) is 3. The quantitative estimate of drug-likeness (QED) is 0.687. The Morgan fingerprint density at radius 1 is 1.43 bits per heavy atom. The first kappa shape index (κ1) is 8.94. The van der Waals surface area contributed by atoms with Crippen molar-refractivity contribution in [3.05, 3.63) is 30.4 Å². The molecule has 3 nitrogen and oxygen atoms in total. The number of allylic oxidation sites excluding steroid dienone is 1. The van der Waals surface area contributed by atoms with E-state index >= 15 is 0 Å². The van der Waals surface area contributed by atoms with Crippen LogP contribution in [0.4, 0.5) is 0 Å². The van der Waals surface area contributed by atoms with E-state index in [2.05, 4.69) is 6.58 Å². The Bertz CT molecular complexity index is 358. The van der Waals surface area contributed by atoms with Crippen LogP contribution in [0.15, 0.2) is 24.8 Å². The number of ether oxygens (including phenoxy) is 3. The molecule has 0 bridgehead atoms. The molecule has 0 amide bonds. The van der Waals surface area contributed by atoms with Crippen LogP contribution < -0.4 is 14.2 Å². The zero-order valence-electron chi connectivity index (χ0n) is 8.08. The van der Waals surface area contributed by atoms with Crippen LogP contribution in [0.2, 0.25) is 0 Å². The molecule has 1 aliphatic rings. The molecule has 0 saturated heterocycles. The molecule has 0 radical (unpaired) electrons. The fourth-order valence-electron chi connectivity index (χ4n) is 1.47. The molecule has 1 aromatic rings. The van der Waals surface area contributed by atoms with Gasteiger partial charge in [-0.25, -0.2) is 0 Å². The standard InChI is InChI=1S/C11H12O3/c1-3-4-8-5-10-11(14-7-13-10)6-9(8)12-2/h3,5-6H,1,4,7H2,2H3. The zero-order chi connectivity index (χ0) is 9.97. The number of methoxy groups -OCH3 is 1. The van der Waals surface area contributed by atoms with Crippen molar-refractivity contribution in [1.82, 2.24) is 0 Å². The molecule has 3 heteroatoms. The van der Waals surface area contributed by atoms with Crippen LogP contribution in [0.25, 0.3) is 0 Å². The highest BCUT2D eigenvalue weighted by Crippen LogP contribution is 2.38. The second kappa shape index (κ2) is 3.62. The van der Waals surface area contributed by atoms with Crippen LogP contribution in [0.5, 0.6) is 17.2 Å². The van der Waals surface area contributed by atoms with E-state index in [1.54, 1.807) is 7.11 Å². The largest absolute Gasteiger partial charge is 0.496 e. The third kappa shape index (κ3) is 1.41. The molecular formula is C11H12O3.